The van der Waals surface area contributed by atoms with Crippen molar-refractivity contribution < 1.29 is 9.53 Å². The minimum absolute atomic E-state index is 0.102. The van der Waals surface area contributed by atoms with E-state index in [2.05, 4.69) is 24.4 Å². The van der Waals surface area contributed by atoms with Crippen molar-refractivity contribution in [3.63, 3.8) is 0 Å². The lowest BCUT2D eigenvalue weighted by molar-refractivity contribution is 0.176. The summed E-state index contributed by atoms with van der Waals surface area (Å²) in [4.78, 5) is 10.9. The molecule has 1 amide bonds. The Bertz CT molecular complexity index is 323. The Kier molecular flexibility index (Phi) is 2.39. The Morgan fingerprint density at radius 1 is 1.43 bits per heavy atom. The Labute approximate surface area is 83.1 Å². The fourth-order valence-corrected chi connectivity index (χ4v) is 1.66. The monoisotopic (exact) mass is 191 g/mol. The van der Waals surface area contributed by atoms with Crippen molar-refractivity contribution in [3.05, 3.63) is 35.9 Å². The molecule has 0 aromatic heterocycles. The largest absolute Gasteiger partial charge is 0.447 e. The second-order valence-electron chi connectivity index (χ2n) is 3.55. The van der Waals surface area contributed by atoms with E-state index in [4.69, 9.17) is 4.74 Å². The number of nitrogens with one attached hydrogen (secondary N) is 1. The van der Waals surface area contributed by atoms with Crippen LogP contribution >= 0.6 is 0 Å². The summed E-state index contributed by atoms with van der Waals surface area (Å²) >= 11 is 0. The maximum Gasteiger partial charge on any atom is 0.407 e. The summed E-state index contributed by atoms with van der Waals surface area (Å²) in [7, 11) is 0. The minimum Gasteiger partial charge on any atom is -0.447 e. The van der Waals surface area contributed by atoms with Crippen molar-refractivity contribution in [2.45, 2.75) is 18.9 Å². The van der Waals surface area contributed by atoms with Crippen LogP contribution in [0.3, 0.4) is 0 Å². The zero-order valence-corrected chi connectivity index (χ0v) is 8.07. The molecule has 14 heavy (non-hydrogen) atoms. The number of amides is 1. The van der Waals surface area contributed by atoms with Crippen LogP contribution in [0.1, 0.15) is 18.4 Å². The lowest BCUT2D eigenvalue weighted by Gasteiger charge is -2.16. The zero-order valence-electron chi connectivity index (χ0n) is 8.07. The van der Waals surface area contributed by atoms with Gasteiger partial charge in [0.1, 0.15) is 6.61 Å². The van der Waals surface area contributed by atoms with Gasteiger partial charge in [-0.2, -0.15) is 0 Å². The molecule has 1 saturated heterocycles. The fourth-order valence-electron chi connectivity index (χ4n) is 1.66. The van der Waals surface area contributed by atoms with Gasteiger partial charge in [0.2, 0.25) is 0 Å². The number of carbonyl (C=O) groups is 1. The number of benzene rings is 1. The number of ether oxygens (including phenoxy) is 1. The molecule has 0 aliphatic carbocycles. The van der Waals surface area contributed by atoms with E-state index >= 15 is 0 Å². The molecule has 2 unspecified atom stereocenters. The third-order valence-corrected chi connectivity index (χ3v) is 2.63. The summed E-state index contributed by atoms with van der Waals surface area (Å²) < 4.78 is 4.86. The number of hydrogen-bond donors (Lipinski definition) is 1. The number of cyclic esters (lactones) is 1. The molecule has 2 atom stereocenters. The Balaban J connectivity index is 2.09. The van der Waals surface area contributed by atoms with E-state index in [0.29, 0.717) is 12.5 Å². The zero-order chi connectivity index (χ0) is 9.97. The first-order valence-corrected chi connectivity index (χ1v) is 4.75. The summed E-state index contributed by atoms with van der Waals surface area (Å²) in [5.41, 5.74) is 1.23. The molecular formula is C11H13NO2. The topological polar surface area (TPSA) is 38.3 Å². The molecule has 74 valence electrons. The third-order valence-electron chi connectivity index (χ3n) is 2.63. The highest BCUT2D eigenvalue weighted by molar-refractivity contribution is 5.69. The molecule has 2 rings (SSSR count). The molecule has 1 N–H and O–H groups in total. The van der Waals surface area contributed by atoms with Crippen LogP contribution in [0.4, 0.5) is 4.79 Å². The van der Waals surface area contributed by atoms with Crippen LogP contribution in [-0.4, -0.2) is 18.7 Å². The minimum atomic E-state index is -0.308. The molecule has 0 spiro atoms. The Morgan fingerprint density at radius 2 is 2.14 bits per heavy atom. The quantitative estimate of drug-likeness (QED) is 0.775. The van der Waals surface area contributed by atoms with Gasteiger partial charge in [0.25, 0.3) is 0 Å². The van der Waals surface area contributed by atoms with Gasteiger partial charge >= 0.3 is 6.09 Å². The van der Waals surface area contributed by atoms with Gasteiger partial charge < -0.3 is 10.1 Å². The van der Waals surface area contributed by atoms with E-state index in [-0.39, 0.29) is 12.1 Å². The van der Waals surface area contributed by atoms with Gasteiger partial charge in [-0.15, -0.1) is 0 Å². The molecule has 0 bridgehead atoms. The predicted molar refractivity (Wildman–Crippen MR) is 53.1 cm³/mol. The van der Waals surface area contributed by atoms with Crippen molar-refractivity contribution in [1.29, 1.82) is 0 Å². The van der Waals surface area contributed by atoms with Crippen LogP contribution in [0.2, 0.25) is 0 Å². The first-order chi connectivity index (χ1) is 6.77. The maximum atomic E-state index is 10.9. The maximum absolute atomic E-state index is 10.9. The molecule has 1 fully saturated rings. The van der Waals surface area contributed by atoms with E-state index in [0.717, 1.165) is 0 Å². The molecule has 0 radical (unpaired) electrons. The predicted octanol–water partition coefficient (Wildman–Crippen LogP) is 1.90. The summed E-state index contributed by atoms with van der Waals surface area (Å²) in [6.07, 6.45) is -0.308. The van der Waals surface area contributed by atoms with E-state index in [1.807, 2.05) is 18.2 Å². The Hall–Kier alpha value is -1.51. The van der Waals surface area contributed by atoms with Crippen LogP contribution in [0.5, 0.6) is 0 Å². The number of hydrogen-bond acceptors (Lipinski definition) is 2. The van der Waals surface area contributed by atoms with E-state index in [1.165, 1.54) is 5.56 Å². The summed E-state index contributed by atoms with van der Waals surface area (Å²) in [5, 5.41) is 2.79. The van der Waals surface area contributed by atoms with Gasteiger partial charge in [0, 0.05) is 5.92 Å². The van der Waals surface area contributed by atoms with Crippen molar-refractivity contribution in [3.8, 4) is 0 Å². The van der Waals surface area contributed by atoms with Crippen molar-refractivity contribution >= 4 is 6.09 Å². The average Bonchev–Trinajstić information content (AvgIpc) is 2.65. The Morgan fingerprint density at radius 3 is 2.71 bits per heavy atom. The molecule has 3 nitrogen and oxygen atoms in total. The molecule has 0 saturated carbocycles. The standard InChI is InChI=1S/C11H13NO2/c1-8(9-5-3-2-4-6-9)10-7-14-11(13)12-10/h2-6,8,10H,7H2,1H3,(H,12,13). The van der Waals surface area contributed by atoms with Gasteiger partial charge in [-0.1, -0.05) is 37.3 Å². The SMILES string of the molecule is CC(c1ccccc1)C1COC(=O)N1. The molecule has 3 heteroatoms. The fraction of sp³-hybridized carbons (Fsp3) is 0.364. The van der Waals surface area contributed by atoms with Crippen LogP contribution < -0.4 is 5.32 Å². The highest BCUT2D eigenvalue weighted by Crippen LogP contribution is 2.21. The molecule has 1 aromatic rings. The smallest absolute Gasteiger partial charge is 0.407 e. The van der Waals surface area contributed by atoms with Crippen LogP contribution in [0.15, 0.2) is 30.3 Å². The van der Waals surface area contributed by atoms with E-state index in [9.17, 15) is 4.79 Å². The van der Waals surface area contributed by atoms with E-state index in [1.54, 1.807) is 0 Å². The highest BCUT2D eigenvalue weighted by Gasteiger charge is 2.27. The molecule has 1 aromatic carbocycles. The van der Waals surface area contributed by atoms with Crippen LogP contribution in [-0.2, 0) is 4.74 Å². The molecule has 1 heterocycles. The lowest BCUT2D eigenvalue weighted by atomic mass is 9.94. The first-order valence-electron chi connectivity index (χ1n) is 4.75. The van der Waals surface area contributed by atoms with Gasteiger partial charge in [0.05, 0.1) is 6.04 Å². The molecule has 1 aliphatic rings. The van der Waals surface area contributed by atoms with Crippen molar-refractivity contribution in [1.82, 2.24) is 5.32 Å². The highest BCUT2D eigenvalue weighted by atomic mass is 16.6. The lowest BCUT2D eigenvalue weighted by Crippen LogP contribution is -2.31. The summed E-state index contributed by atoms with van der Waals surface area (Å²) in [5.74, 6) is 0.294. The average molecular weight is 191 g/mol. The van der Waals surface area contributed by atoms with Crippen molar-refractivity contribution in [2.75, 3.05) is 6.61 Å². The number of rotatable bonds is 2. The first kappa shape index (κ1) is 9.06. The van der Waals surface area contributed by atoms with Gasteiger partial charge in [-0.25, -0.2) is 4.79 Å². The van der Waals surface area contributed by atoms with Gasteiger partial charge in [-0.3, -0.25) is 0 Å². The van der Waals surface area contributed by atoms with Crippen LogP contribution in [0, 0.1) is 0 Å². The number of alkyl carbamates (subject to hydrolysis) is 1. The van der Waals surface area contributed by atoms with E-state index < -0.39 is 0 Å². The molecule has 1 aliphatic heterocycles. The third kappa shape index (κ3) is 1.71. The van der Waals surface area contributed by atoms with Crippen LogP contribution in [0.25, 0.3) is 0 Å². The van der Waals surface area contributed by atoms with Crippen molar-refractivity contribution in [2.24, 2.45) is 0 Å². The second kappa shape index (κ2) is 3.70. The van der Waals surface area contributed by atoms with Gasteiger partial charge in [0.15, 0.2) is 0 Å². The number of carbonyl (C=O) groups excluding carboxylic acids is 1. The normalized spacial score (nSPS) is 22.6. The second-order valence-corrected chi connectivity index (χ2v) is 3.55. The van der Waals surface area contributed by atoms with Gasteiger partial charge in [-0.05, 0) is 5.56 Å². The summed E-state index contributed by atoms with van der Waals surface area (Å²) in [6, 6.07) is 10.2. The molecular weight excluding hydrogens is 178 g/mol. The summed E-state index contributed by atoms with van der Waals surface area (Å²) in [6.45, 7) is 2.56.